The lowest BCUT2D eigenvalue weighted by Crippen LogP contribution is -2.54. The van der Waals surface area contributed by atoms with Crippen LogP contribution in [0.25, 0.3) is 0 Å². The minimum absolute atomic E-state index is 0.0482. The Morgan fingerprint density at radius 2 is 2.12 bits per heavy atom. The van der Waals surface area contributed by atoms with E-state index in [2.05, 4.69) is 13.8 Å². The Kier molecular flexibility index (Phi) is 2.68. The van der Waals surface area contributed by atoms with E-state index < -0.39 is 0 Å². The third-order valence-electron chi connectivity index (χ3n) is 3.75. The van der Waals surface area contributed by atoms with Crippen LogP contribution in [-0.4, -0.2) is 24.4 Å². The number of nitrogens with two attached hydrogens (primary N) is 1. The van der Waals surface area contributed by atoms with Gasteiger partial charge in [-0.25, -0.2) is 0 Å². The lowest BCUT2D eigenvalue weighted by atomic mass is 9.68. The lowest BCUT2D eigenvalue weighted by molar-refractivity contribution is 0.0505. The zero-order valence-corrected chi connectivity index (χ0v) is 10.0. The van der Waals surface area contributed by atoms with E-state index in [-0.39, 0.29) is 17.6 Å². The van der Waals surface area contributed by atoms with E-state index in [1.807, 2.05) is 12.1 Å². The molecule has 3 N–H and O–H groups in total. The van der Waals surface area contributed by atoms with Crippen LogP contribution in [0.3, 0.4) is 0 Å². The molecule has 0 heterocycles. The molecule has 0 aliphatic heterocycles. The second-order valence-electron chi connectivity index (χ2n) is 5.07. The standard InChI is InChI=1S/C13H19NO2/c1-13(2)10-7-9(15)5-4-8(10)6-11(16-3)12(13)14/h4-5,7,11-12,15H,6,14H2,1-3H3/t11-,12+/m0/s1. The number of aromatic hydroxyl groups is 1. The highest BCUT2D eigenvalue weighted by molar-refractivity contribution is 5.43. The predicted octanol–water partition coefficient (Wildman–Crippen LogP) is 1.57. The summed E-state index contributed by atoms with van der Waals surface area (Å²) in [4.78, 5) is 0. The topological polar surface area (TPSA) is 55.5 Å². The molecule has 0 radical (unpaired) electrons. The van der Waals surface area contributed by atoms with Crippen molar-refractivity contribution in [3.05, 3.63) is 29.3 Å². The van der Waals surface area contributed by atoms with Gasteiger partial charge in [0.2, 0.25) is 0 Å². The zero-order valence-electron chi connectivity index (χ0n) is 10.0. The molecular formula is C13H19NO2. The van der Waals surface area contributed by atoms with E-state index in [1.165, 1.54) is 5.56 Å². The van der Waals surface area contributed by atoms with E-state index in [0.717, 1.165) is 12.0 Å². The molecule has 1 aliphatic rings. The van der Waals surface area contributed by atoms with Crippen molar-refractivity contribution in [2.24, 2.45) is 5.73 Å². The fourth-order valence-electron chi connectivity index (χ4n) is 2.56. The molecule has 1 aromatic rings. The number of hydrogen-bond donors (Lipinski definition) is 2. The van der Waals surface area contributed by atoms with Crippen molar-refractivity contribution in [2.45, 2.75) is 37.8 Å². The summed E-state index contributed by atoms with van der Waals surface area (Å²) in [5.41, 5.74) is 8.40. The third-order valence-corrected chi connectivity index (χ3v) is 3.75. The van der Waals surface area contributed by atoms with Crippen molar-refractivity contribution in [2.75, 3.05) is 7.11 Å². The van der Waals surface area contributed by atoms with Crippen LogP contribution in [0, 0.1) is 0 Å². The zero-order chi connectivity index (χ0) is 11.9. The molecule has 3 nitrogen and oxygen atoms in total. The Bertz CT molecular complexity index is 401. The van der Waals surface area contributed by atoms with Crippen LogP contribution in [0.4, 0.5) is 0 Å². The van der Waals surface area contributed by atoms with Crippen molar-refractivity contribution in [1.29, 1.82) is 0 Å². The van der Waals surface area contributed by atoms with E-state index >= 15 is 0 Å². The van der Waals surface area contributed by atoms with Gasteiger partial charge in [-0.3, -0.25) is 0 Å². The summed E-state index contributed by atoms with van der Waals surface area (Å²) in [6.07, 6.45) is 0.864. The van der Waals surface area contributed by atoms with Crippen LogP contribution in [0.1, 0.15) is 25.0 Å². The van der Waals surface area contributed by atoms with Crippen LogP contribution in [0.2, 0.25) is 0 Å². The SMILES string of the molecule is CO[C@H]1Cc2ccc(O)cc2C(C)(C)[C@@H]1N. The number of phenolic OH excluding ortho intramolecular Hbond substituents is 1. The molecule has 1 aromatic carbocycles. The molecule has 2 rings (SSSR count). The fourth-order valence-corrected chi connectivity index (χ4v) is 2.56. The number of hydrogen-bond acceptors (Lipinski definition) is 3. The number of fused-ring (bicyclic) bond motifs is 1. The smallest absolute Gasteiger partial charge is 0.115 e. The van der Waals surface area contributed by atoms with E-state index in [0.29, 0.717) is 5.75 Å². The van der Waals surface area contributed by atoms with Gasteiger partial charge in [-0.15, -0.1) is 0 Å². The fraction of sp³-hybridized carbons (Fsp3) is 0.538. The number of phenols is 1. The average Bonchev–Trinajstić information content (AvgIpc) is 2.25. The van der Waals surface area contributed by atoms with Gasteiger partial charge in [0.25, 0.3) is 0 Å². The molecule has 0 amide bonds. The Morgan fingerprint density at radius 3 is 2.75 bits per heavy atom. The maximum atomic E-state index is 9.56. The summed E-state index contributed by atoms with van der Waals surface area (Å²) in [6, 6.07) is 5.45. The Labute approximate surface area is 96.2 Å². The molecular weight excluding hydrogens is 202 g/mol. The van der Waals surface area contributed by atoms with Gasteiger partial charge in [-0.2, -0.15) is 0 Å². The molecule has 0 spiro atoms. The highest BCUT2D eigenvalue weighted by Crippen LogP contribution is 2.38. The maximum absolute atomic E-state index is 9.56. The summed E-state index contributed by atoms with van der Waals surface area (Å²) < 4.78 is 5.44. The summed E-state index contributed by atoms with van der Waals surface area (Å²) in [7, 11) is 1.70. The molecule has 16 heavy (non-hydrogen) atoms. The monoisotopic (exact) mass is 221 g/mol. The Morgan fingerprint density at radius 1 is 1.44 bits per heavy atom. The highest BCUT2D eigenvalue weighted by Gasteiger charge is 2.40. The molecule has 2 atom stereocenters. The minimum atomic E-state index is -0.174. The molecule has 1 aliphatic carbocycles. The summed E-state index contributed by atoms with van der Waals surface area (Å²) >= 11 is 0. The van der Waals surface area contributed by atoms with Crippen LogP contribution in [0.15, 0.2) is 18.2 Å². The van der Waals surface area contributed by atoms with Crippen molar-refractivity contribution in [3.8, 4) is 5.75 Å². The van der Waals surface area contributed by atoms with Crippen molar-refractivity contribution < 1.29 is 9.84 Å². The minimum Gasteiger partial charge on any atom is -0.508 e. The van der Waals surface area contributed by atoms with Crippen LogP contribution < -0.4 is 5.73 Å². The first-order valence-corrected chi connectivity index (χ1v) is 5.57. The van der Waals surface area contributed by atoms with Gasteiger partial charge in [0.05, 0.1) is 6.10 Å². The normalized spacial score (nSPS) is 27.5. The number of ether oxygens (including phenoxy) is 1. The van der Waals surface area contributed by atoms with Gasteiger partial charge in [0, 0.05) is 25.0 Å². The van der Waals surface area contributed by atoms with E-state index in [9.17, 15) is 5.11 Å². The largest absolute Gasteiger partial charge is 0.508 e. The lowest BCUT2D eigenvalue weighted by Gasteiger charge is -2.42. The Balaban J connectivity index is 2.52. The molecule has 88 valence electrons. The Hall–Kier alpha value is -1.06. The van der Waals surface area contributed by atoms with Crippen LogP contribution in [-0.2, 0) is 16.6 Å². The first kappa shape index (κ1) is 11.4. The predicted molar refractivity (Wildman–Crippen MR) is 63.6 cm³/mol. The second kappa shape index (κ2) is 3.75. The molecule has 0 saturated carbocycles. The van der Waals surface area contributed by atoms with Crippen LogP contribution in [0.5, 0.6) is 5.75 Å². The molecule has 0 aromatic heterocycles. The maximum Gasteiger partial charge on any atom is 0.115 e. The average molecular weight is 221 g/mol. The third kappa shape index (κ3) is 1.60. The number of methoxy groups -OCH3 is 1. The molecule has 3 heteroatoms. The van der Waals surface area contributed by atoms with Gasteiger partial charge in [0.15, 0.2) is 0 Å². The molecule has 0 fully saturated rings. The van der Waals surface area contributed by atoms with Gasteiger partial charge in [0.1, 0.15) is 5.75 Å². The molecule has 0 bridgehead atoms. The second-order valence-corrected chi connectivity index (χ2v) is 5.07. The molecule has 0 unspecified atom stereocenters. The summed E-state index contributed by atoms with van der Waals surface area (Å²) in [6.45, 7) is 4.20. The highest BCUT2D eigenvalue weighted by atomic mass is 16.5. The first-order chi connectivity index (χ1) is 7.46. The van der Waals surface area contributed by atoms with Gasteiger partial charge in [-0.05, 0) is 23.3 Å². The summed E-state index contributed by atoms with van der Waals surface area (Å²) in [5, 5.41) is 9.56. The first-order valence-electron chi connectivity index (χ1n) is 5.57. The number of benzene rings is 1. The van der Waals surface area contributed by atoms with Gasteiger partial charge >= 0.3 is 0 Å². The molecule has 0 saturated heterocycles. The van der Waals surface area contributed by atoms with Gasteiger partial charge < -0.3 is 15.6 Å². The number of rotatable bonds is 1. The van der Waals surface area contributed by atoms with Crippen LogP contribution >= 0.6 is 0 Å². The quantitative estimate of drug-likeness (QED) is 0.756. The van der Waals surface area contributed by atoms with Crippen molar-refractivity contribution >= 4 is 0 Å². The van der Waals surface area contributed by atoms with E-state index in [1.54, 1.807) is 13.2 Å². The van der Waals surface area contributed by atoms with Gasteiger partial charge in [-0.1, -0.05) is 19.9 Å². The van der Waals surface area contributed by atoms with Crippen molar-refractivity contribution in [1.82, 2.24) is 0 Å². The van der Waals surface area contributed by atoms with E-state index in [4.69, 9.17) is 10.5 Å². The van der Waals surface area contributed by atoms with Crippen molar-refractivity contribution in [3.63, 3.8) is 0 Å². The summed E-state index contributed by atoms with van der Waals surface area (Å²) in [5.74, 6) is 0.301.